The summed E-state index contributed by atoms with van der Waals surface area (Å²) in [6.45, 7) is 6.55. The van der Waals surface area contributed by atoms with Crippen LogP contribution in [0.4, 0.5) is 4.39 Å². The van der Waals surface area contributed by atoms with E-state index in [1.54, 1.807) is 6.07 Å². The summed E-state index contributed by atoms with van der Waals surface area (Å²) in [6.07, 6.45) is 13.1. The van der Waals surface area contributed by atoms with Crippen LogP contribution in [0.15, 0.2) is 54.9 Å². The van der Waals surface area contributed by atoms with Crippen molar-refractivity contribution >= 4 is 0 Å². The van der Waals surface area contributed by atoms with E-state index in [1.807, 2.05) is 24.5 Å². The first-order valence-electron chi connectivity index (χ1n) is 11.8. The predicted molar refractivity (Wildman–Crippen MR) is 128 cm³/mol. The lowest BCUT2D eigenvalue weighted by atomic mass is 9.91. The highest BCUT2D eigenvalue weighted by atomic mass is 19.1. The molecular formula is C28H35FN2. The van der Waals surface area contributed by atoms with E-state index in [2.05, 4.69) is 55.0 Å². The second-order valence-electron chi connectivity index (χ2n) is 8.53. The van der Waals surface area contributed by atoms with Gasteiger partial charge in [0.2, 0.25) is 0 Å². The highest BCUT2D eigenvalue weighted by molar-refractivity contribution is 5.57. The molecule has 0 aliphatic carbocycles. The number of unbranched alkanes of at least 4 members (excludes halogenated alkanes) is 4. The molecule has 1 aromatic heterocycles. The van der Waals surface area contributed by atoms with Crippen LogP contribution in [0.1, 0.15) is 87.5 Å². The predicted octanol–water partition coefficient (Wildman–Crippen LogP) is 7.90. The molecule has 0 spiro atoms. The number of hydrogen-bond donors (Lipinski definition) is 0. The highest BCUT2D eigenvalue weighted by Crippen LogP contribution is 2.28. The zero-order chi connectivity index (χ0) is 22.1. The van der Waals surface area contributed by atoms with Crippen LogP contribution in [0, 0.1) is 5.82 Å². The normalized spacial score (nSPS) is 12.1. The topological polar surface area (TPSA) is 25.8 Å². The smallest absolute Gasteiger partial charge is 0.162 e. The van der Waals surface area contributed by atoms with Gasteiger partial charge in [-0.05, 0) is 60.1 Å². The number of nitrogens with zero attached hydrogens (tertiary/aromatic N) is 2. The lowest BCUT2D eigenvalue weighted by Gasteiger charge is -2.14. The van der Waals surface area contributed by atoms with Gasteiger partial charge >= 0.3 is 0 Å². The molecule has 0 fully saturated rings. The van der Waals surface area contributed by atoms with E-state index in [9.17, 15) is 4.39 Å². The van der Waals surface area contributed by atoms with Gasteiger partial charge in [0.1, 0.15) is 5.82 Å². The van der Waals surface area contributed by atoms with Crippen molar-refractivity contribution in [2.24, 2.45) is 0 Å². The van der Waals surface area contributed by atoms with Crippen LogP contribution in [0.3, 0.4) is 0 Å². The monoisotopic (exact) mass is 418 g/mol. The highest BCUT2D eigenvalue weighted by Gasteiger charge is 2.14. The fraction of sp³-hybridized carbons (Fsp3) is 0.429. The summed E-state index contributed by atoms with van der Waals surface area (Å²) < 4.78 is 14.9. The maximum atomic E-state index is 14.9. The molecular weight excluding hydrogens is 383 g/mol. The summed E-state index contributed by atoms with van der Waals surface area (Å²) in [7, 11) is 0. The fourth-order valence-electron chi connectivity index (χ4n) is 3.93. The molecule has 0 saturated carbocycles. The molecule has 0 aliphatic heterocycles. The number of rotatable bonds is 11. The zero-order valence-corrected chi connectivity index (χ0v) is 19.2. The second kappa shape index (κ2) is 11.7. The minimum Gasteiger partial charge on any atom is -0.236 e. The van der Waals surface area contributed by atoms with Gasteiger partial charge < -0.3 is 0 Å². The van der Waals surface area contributed by atoms with Crippen LogP contribution in [0.5, 0.6) is 0 Å². The Bertz CT molecular complexity index is 932. The SMILES string of the molecule is CCCCCc1ccc(C(C)c2ccc(-c3ncc(CCCCC)cn3)c(F)c2)cc1. The van der Waals surface area contributed by atoms with Crippen molar-refractivity contribution in [2.45, 2.75) is 78.1 Å². The zero-order valence-electron chi connectivity index (χ0n) is 19.2. The van der Waals surface area contributed by atoms with E-state index in [4.69, 9.17) is 0 Å². The van der Waals surface area contributed by atoms with E-state index >= 15 is 0 Å². The van der Waals surface area contributed by atoms with Gasteiger partial charge in [-0.15, -0.1) is 0 Å². The maximum absolute atomic E-state index is 14.9. The lowest BCUT2D eigenvalue weighted by Crippen LogP contribution is -2.00. The van der Waals surface area contributed by atoms with Crippen LogP contribution in [0.25, 0.3) is 11.4 Å². The molecule has 0 bridgehead atoms. The van der Waals surface area contributed by atoms with Crippen molar-refractivity contribution in [3.8, 4) is 11.4 Å². The molecule has 164 valence electrons. The Morgan fingerprint density at radius 1 is 0.742 bits per heavy atom. The summed E-state index contributed by atoms with van der Waals surface area (Å²) >= 11 is 0. The third-order valence-electron chi connectivity index (χ3n) is 6.06. The van der Waals surface area contributed by atoms with E-state index < -0.39 is 0 Å². The molecule has 1 heterocycles. The number of aromatic nitrogens is 2. The number of benzene rings is 2. The molecule has 0 aliphatic rings. The molecule has 0 N–H and O–H groups in total. The van der Waals surface area contributed by atoms with Gasteiger partial charge in [-0.2, -0.15) is 0 Å². The van der Waals surface area contributed by atoms with Crippen molar-refractivity contribution in [1.82, 2.24) is 9.97 Å². The number of hydrogen-bond acceptors (Lipinski definition) is 2. The molecule has 1 unspecified atom stereocenters. The quantitative estimate of drug-likeness (QED) is 0.296. The lowest BCUT2D eigenvalue weighted by molar-refractivity contribution is 0.626. The molecule has 3 rings (SSSR count). The van der Waals surface area contributed by atoms with Crippen molar-refractivity contribution in [3.63, 3.8) is 0 Å². The van der Waals surface area contributed by atoms with E-state index in [-0.39, 0.29) is 11.7 Å². The van der Waals surface area contributed by atoms with Crippen LogP contribution >= 0.6 is 0 Å². The van der Waals surface area contributed by atoms with Gasteiger partial charge in [-0.3, -0.25) is 0 Å². The molecule has 3 heteroatoms. The Labute approximate surface area is 187 Å². The summed E-state index contributed by atoms with van der Waals surface area (Å²) in [6, 6.07) is 14.2. The van der Waals surface area contributed by atoms with Gasteiger partial charge in [0.15, 0.2) is 5.82 Å². The first kappa shape index (κ1) is 23.1. The molecule has 1 atom stereocenters. The van der Waals surface area contributed by atoms with Crippen LogP contribution in [-0.2, 0) is 12.8 Å². The van der Waals surface area contributed by atoms with Crippen molar-refractivity contribution in [2.75, 3.05) is 0 Å². The second-order valence-corrected chi connectivity index (χ2v) is 8.53. The third-order valence-corrected chi connectivity index (χ3v) is 6.06. The van der Waals surface area contributed by atoms with Crippen LogP contribution < -0.4 is 0 Å². The van der Waals surface area contributed by atoms with E-state index in [0.29, 0.717) is 11.4 Å². The molecule has 31 heavy (non-hydrogen) atoms. The van der Waals surface area contributed by atoms with Crippen molar-refractivity contribution < 1.29 is 4.39 Å². The fourth-order valence-corrected chi connectivity index (χ4v) is 3.93. The van der Waals surface area contributed by atoms with Gasteiger partial charge in [0.05, 0.1) is 5.56 Å². The Kier molecular flexibility index (Phi) is 8.75. The molecule has 2 nitrogen and oxygen atoms in total. The molecule has 2 aromatic carbocycles. The summed E-state index contributed by atoms with van der Waals surface area (Å²) in [5, 5.41) is 0. The standard InChI is InChI=1S/C28H35FN2/c1-4-6-8-10-22-12-14-24(15-13-22)21(3)25-16-17-26(27(29)18-25)28-30-19-23(20-31-28)11-9-7-5-2/h12-21H,4-11H2,1-3H3. The van der Waals surface area contributed by atoms with Gasteiger partial charge in [0, 0.05) is 18.3 Å². The Hall–Kier alpha value is -2.55. The largest absolute Gasteiger partial charge is 0.236 e. The van der Waals surface area contributed by atoms with Crippen LogP contribution in [0.2, 0.25) is 0 Å². The minimum absolute atomic E-state index is 0.134. The first-order chi connectivity index (χ1) is 15.1. The summed E-state index contributed by atoms with van der Waals surface area (Å²) in [4.78, 5) is 8.82. The van der Waals surface area contributed by atoms with Gasteiger partial charge in [-0.25, -0.2) is 14.4 Å². The summed E-state index contributed by atoms with van der Waals surface area (Å²) in [5.41, 5.74) is 5.12. The third kappa shape index (κ3) is 6.46. The average molecular weight is 419 g/mol. The number of aryl methyl sites for hydroxylation is 2. The molecule has 0 saturated heterocycles. The molecule has 0 radical (unpaired) electrons. The average Bonchev–Trinajstić information content (AvgIpc) is 2.80. The Balaban J connectivity index is 1.68. The van der Waals surface area contributed by atoms with Crippen molar-refractivity contribution in [3.05, 3.63) is 82.9 Å². The van der Waals surface area contributed by atoms with Gasteiger partial charge in [0.25, 0.3) is 0 Å². The summed E-state index contributed by atoms with van der Waals surface area (Å²) in [5.74, 6) is 0.321. The molecule has 0 amide bonds. The minimum atomic E-state index is -0.265. The maximum Gasteiger partial charge on any atom is 0.162 e. The van der Waals surface area contributed by atoms with E-state index in [1.165, 1.54) is 43.2 Å². The molecule has 3 aromatic rings. The number of halogens is 1. The van der Waals surface area contributed by atoms with Crippen molar-refractivity contribution in [1.29, 1.82) is 0 Å². The Morgan fingerprint density at radius 3 is 1.90 bits per heavy atom. The van der Waals surface area contributed by atoms with Crippen LogP contribution in [-0.4, -0.2) is 9.97 Å². The van der Waals surface area contributed by atoms with Gasteiger partial charge in [-0.1, -0.05) is 76.8 Å². The van der Waals surface area contributed by atoms with E-state index in [0.717, 1.165) is 30.4 Å². The Morgan fingerprint density at radius 2 is 1.32 bits per heavy atom. The first-order valence-corrected chi connectivity index (χ1v) is 11.8.